The van der Waals surface area contributed by atoms with Crippen LogP contribution in [-0.2, 0) is 16.4 Å². The van der Waals surface area contributed by atoms with Crippen molar-refractivity contribution in [2.45, 2.75) is 23.8 Å². The monoisotopic (exact) mass is 486 g/mol. The SMILES string of the molecule is CN1CCN(C(CNS(=O)(=O)c2ccc3c(c2)OCCO3)c2ccc3c(c2)CCCN3C)CC1. The number of fused-ring (bicyclic) bond motifs is 2. The maximum Gasteiger partial charge on any atom is 0.240 e. The zero-order valence-corrected chi connectivity index (χ0v) is 20.8. The summed E-state index contributed by atoms with van der Waals surface area (Å²) >= 11 is 0. The number of piperazine rings is 1. The summed E-state index contributed by atoms with van der Waals surface area (Å²) in [6, 6.07) is 11.4. The average Bonchev–Trinajstić information content (AvgIpc) is 2.85. The highest BCUT2D eigenvalue weighted by Crippen LogP contribution is 2.33. The summed E-state index contributed by atoms with van der Waals surface area (Å²) in [5.74, 6) is 1.06. The van der Waals surface area contributed by atoms with Crippen molar-refractivity contribution in [1.82, 2.24) is 14.5 Å². The van der Waals surface area contributed by atoms with Gasteiger partial charge in [0.25, 0.3) is 0 Å². The smallest absolute Gasteiger partial charge is 0.240 e. The van der Waals surface area contributed by atoms with Crippen molar-refractivity contribution in [2.24, 2.45) is 0 Å². The van der Waals surface area contributed by atoms with E-state index in [1.54, 1.807) is 18.2 Å². The molecule has 0 spiro atoms. The predicted molar refractivity (Wildman–Crippen MR) is 132 cm³/mol. The third-order valence-electron chi connectivity index (χ3n) is 7.11. The van der Waals surface area contributed by atoms with Crippen LogP contribution < -0.4 is 19.1 Å². The van der Waals surface area contributed by atoms with Crippen LogP contribution in [0, 0.1) is 0 Å². The molecule has 0 saturated carbocycles. The number of sulfonamides is 1. The maximum atomic E-state index is 13.2. The number of ether oxygens (including phenoxy) is 2. The van der Waals surface area contributed by atoms with E-state index in [-0.39, 0.29) is 10.9 Å². The number of benzene rings is 2. The van der Waals surface area contributed by atoms with Crippen molar-refractivity contribution in [1.29, 1.82) is 0 Å². The number of hydrogen-bond donors (Lipinski definition) is 1. The lowest BCUT2D eigenvalue weighted by atomic mass is 9.95. The van der Waals surface area contributed by atoms with Gasteiger partial charge in [0, 0.05) is 64.1 Å². The molecule has 34 heavy (non-hydrogen) atoms. The summed E-state index contributed by atoms with van der Waals surface area (Å²) in [7, 11) is 0.563. The van der Waals surface area contributed by atoms with Gasteiger partial charge in [0.1, 0.15) is 13.2 Å². The van der Waals surface area contributed by atoms with Crippen LogP contribution in [0.25, 0.3) is 0 Å². The van der Waals surface area contributed by atoms with E-state index in [4.69, 9.17) is 9.47 Å². The van der Waals surface area contributed by atoms with Gasteiger partial charge in [-0.3, -0.25) is 4.90 Å². The van der Waals surface area contributed by atoms with Gasteiger partial charge < -0.3 is 19.3 Å². The lowest BCUT2D eigenvalue weighted by Gasteiger charge is -2.39. The Balaban J connectivity index is 1.39. The van der Waals surface area contributed by atoms with Gasteiger partial charge >= 0.3 is 0 Å². The number of rotatable bonds is 6. The molecule has 0 aliphatic carbocycles. The fraction of sp³-hybridized carbons (Fsp3) is 0.520. The van der Waals surface area contributed by atoms with Crippen LogP contribution in [0.5, 0.6) is 11.5 Å². The Bertz CT molecular complexity index is 1130. The number of nitrogens with one attached hydrogen (secondary N) is 1. The van der Waals surface area contributed by atoms with Crippen LogP contribution in [0.3, 0.4) is 0 Å². The molecule has 1 saturated heterocycles. The van der Waals surface area contributed by atoms with Gasteiger partial charge in [-0.25, -0.2) is 13.1 Å². The molecular weight excluding hydrogens is 452 g/mol. The molecule has 3 heterocycles. The number of likely N-dealkylation sites (N-methyl/N-ethyl adjacent to an activating group) is 1. The maximum absolute atomic E-state index is 13.2. The van der Waals surface area contributed by atoms with E-state index in [2.05, 4.69) is 51.7 Å². The molecule has 0 amide bonds. The van der Waals surface area contributed by atoms with Gasteiger partial charge in [-0.2, -0.15) is 0 Å². The first-order chi connectivity index (χ1) is 16.4. The molecule has 8 nitrogen and oxygen atoms in total. The lowest BCUT2D eigenvalue weighted by molar-refractivity contribution is 0.113. The standard InChI is InChI=1S/C25H34N4O4S/c1-27-10-12-29(13-11-27)23(20-5-7-22-19(16-20)4-3-9-28(22)2)18-26-34(30,31)21-6-8-24-25(17-21)33-15-14-32-24/h5-8,16-17,23,26H,3-4,9-15,18H2,1-2H3. The number of nitrogens with zero attached hydrogens (tertiary/aromatic N) is 3. The Hall–Kier alpha value is -2.33. The van der Waals surface area contributed by atoms with E-state index in [0.29, 0.717) is 31.3 Å². The molecular formula is C25H34N4O4S. The van der Waals surface area contributed by atoms with E-state index >= 15 is 0 Å². The van der Waals surface area contributed by atoms with Crippen LogP contribution in [0.1, 0.15) is 23.6 Å². The second kappa shape index (κ2) is 9.73. The van der Waals surface area contributed by atoms with Crippen molar-refractivity contribution in [3.8, 4) is 11.5 Å². The third-order valence-corrected chi connectivity index (χ3v) is 8.53. The summed E-state index contributed by atoms with van der Waals surface area (Å²) in [6.07, 6.45) is 2.20. The zero-order chi connectivity index (χ0) is 23.7. The average molecular weight is 487 g/mol. The van der Waals surface area contributed by atoms with Crippen LogP contribution in [-0.4, -0.2) is 84.8 Å². The van der Waals surface area contributed by atoms with Gasteiger partial charge in [-0.05, 0) is 49.2 Å². The van der Waals surface area contributed by atoms with E-state index in [1.807, 2.05) is 0 Å². The Labute approximate surface area is 202 Å². The second-order valence-corrected chi connectivity index (χ2v) is 11.2. The van der Waals surface area contributed by atoms with Crippen molar-refractivity contribution in [2.75, 3.05) is 71.5 Å². The highest BCUT2D eigenvalue weighted by atomic mass is 32.2. The Morgan fingerprint density at radius 1 is 0.941 bits per heavy atom. The minimum atomic E-state index is -3.70. The van der Waals surface area contributed by atoms with Crippen molar-refractivity contribution >= 4 is 15.7 Å². The highest BCUT2D eigenvalue weighted by Gasteiger charge is 2.28. The van der Waals surface area contributed by atoms with Gasteiger partial charge in [0.15, 0.2) is 11.5 Å². The van der Waals surface area contributed by atoms with Crippen molar-refractivity contribution in [3.05, 3.63) is 47.5 Å². The molecule has 3 aliphatic heterocycles. The second-order valence-electron chi connectivity index (χ2n) is 9.43. The minimum absolute atomic E-state index is 0.0294. The number of hydrogen-bond acceptors (Lipinski definition) is 7. The first-order valence-corrected chi connectivity index (χ1v) is 13.5. The van der Waals surface area contributed by atoms with Gasteiger partial charge in [0.2, 0.25) is 10.0 Å². The molecule has 1 fully saturated rings. The summed E-state index contributed by atoms with van der Waals surface area (Å²) < 4.78 is 40.5. The van der Waals surface area contributed by atoms with E-state index in [9.17, 15) is 8.42 Å². The molecule has 2 aromatic carbocycles. The molecule has 0 aromatic heterocycles. The largest absolute Gasteiger partial charge is 0.486 e. The molecule has 184 valence electrons. The number of anilines is 1. The quantitative estimate of drug-likeness (QED) is 0.670. The highest BCUT2D eigenvalue weighted by molar-refractivity contribution is 7.89. The molecule has 5 rings (SSSR count). The first kappa shape index (κ1) is 23.4. The van der Waals surface area contributed by atoms with E-state index < -0.39 is 10.0 Å². The third kappa shape index (κ3) is 4.88. The Morgan fingerprint density at radius 2 is 1.71 bits per heavy atom. The van der Waals surface area contributed by atoms with Gasteiger partial charge in [-0.15, -0.1) is 0 Å². The molecule has 1 unspecified atom stereocenters. The summed E-state index contributed by atoms with van der Waals surface area (Å²) in [6.45, 7) is 6.04. The normalized spacial score (nSPS) is 20.1. The molecule has 0 bridgehead atoms. The van der Waals surface area contributed by atoms with Crippen LogP contribution in [0.2, 0.25) is 0 Å². The Morgan fingerprint density at radius 3 is 2.50 bits per heavy atom. The van der Waals surface area contributed by atoms with Gasteiger partial charge in [-0.1, -0.05) is 12.1 Å². The van der Waals surface area contributed by atoms with Crippen LogP contribution in [0.15, 0.2) is 41.3 Å². The zero-order valence-electron chi connectivity index (χ0n) is 20.0. The van der Waals surface area contributed by atoms with Gasteiger partial charge in [0.05, 0.1) is 4.90 Å². The summed E-state index contributed by atoms with van der Waals surface area (Å²) in [4.78, 5) is 7.22. The van der Waals surface area contributed by atoms with Crippen LogP contribution in [0.4, 0.5) is 5.69 Å². The molecule has 1 N–H and O–H groups in total. The lowest BCUT2D eigenvalue weighted by Crippen LogP contribution is -2.48. The molecule has 0 radical (unpaired) electrons. The fourth-order valence-electron chi connectivity index (χ4n) is 5.07. The molecule has 9 heteroatoms. The van der Waals surface area contributed by atoms with Crippen LogP contribution >= 0.6 is 0 Å². The summed E-state index contributed by atoms with van der Waals surface area (Å²) in [5.41, 5.74) is 3.80. The summed E-state index contributed by atoms with van der Waals surface area (Å²) in [5, 5.41) is 0. The molecule has 2 aromatic rings. The van der Waals surface area contributed by atoms with E-state index in [0.717, 1.165) is 45.6 Å². The Kier molecular flexibility index (Phi) is 6.70. The molecule has 3 aliphatic rings. The topological polar surface area (TPSA) is 74.3 Å². The van der Waals surface area contributed by atoms with E-state index in [1.165, 1.54) is 16.8 Å². The van der Waals surface area contributed by atoms with Crippen molar-refractivity contribution in [3.63, 3.8) is 0 Å². The molecule has 1 atom stereocenters. The fourth-order valence-corrected chi connectivity index (χ4v) is 6.12. The number of aryl methyl sites for hydroxylation is 1. The minimum Gasteiger partial charge on any atom is -0.486 e. The predicted octanol–water partition coefficient (Wildman–Crippen LogP) is 2.11. The first-order valence-electron chi connectivity index (χ1n) is 12.1. The van der Waals surface area contributed by atoms with Crippen molar-refractivity contribution < 1.29 is 17.9 Å².